The molecule has 1 aliphatic heterocycles. The van der Waals surface area contributed by atoms with Gasteiger partial charge in [0.25, 0.3) is 0 Å². The van der Waals surface area contributed by atoms with Crippen LogP contribution >= 0.6 is 11.8 Å². The molecule has 1 fully saturated rings. The van der Waals surface area contributed by atoms with Gasteiger partial charge in [-0.05, 0) is 35.9 Å². The smallest absolute Gasteiger partial charge is 0.230 e. The van der Waals surface area contributed by atoms with Crippen LogP contribution in [-0.2, 0) is 14.6 Å². The Labute approximate surface area is 143 Å². The van der Waals surface area contributed by atoms with Gasteiger partial charge >= 0.3 is 0 Å². The van der Waals surface area contributed by atoms with E-state index in [2.05, 4.69) is 20.8 Å². The van der Waals surface area contributed by atoms with E-state index in [0.717, 1.165) is 5.69 Å². The largest absolute Gasteiger partial charge is 0.349 e. The molecule has 0 saturated carbocycles. The molecular formula is C14H17N5O3S2. The quantitative estimate of drug-likeness (QED) is 0.765. The average molecular weight is 367 g/mol. The van der Waals surface area contributed by atoms with Gasteiger partial charge in [-0.25, -0.2) is 8.42 Å². The third kappa shape index (κ3) is 3.93. The number of aromatic nitrogens is 4. The zero-order chi connectivity index (χ0) is 17.2. The van der Waals surface area contributed by atoms with Crippen LogP contribution in [0.5, 0.6) is 0 Å². The number of carbonyl (C=O) groups excluding carboxylic acids is 1. The van der Waals surface area contributed by atoms with E-state index in [1.807, 2.05) is 30.3 Å². The summed E-state index contributed by atoms with van der Waals surface area (Å²) in [6.45, 7) is 1.76. The van der Waals surface area contributed by atoms with Crippen LogP contribution in [0, 0.1) is 0 Å². The summed E-state index contributed by atoms with van der Waals surface area (Å²) in [5.41, 5.74) is 0.112. The maximum atomic E-state index is 12.2. The van der Waals surface area contributed by atoms with Gasteiger partial charge < -0.3 is 5.32 Å². The van der Waals surface area contributed by atoms with Crippen molar-refractivity contribution in [3.8, 4) is 5.69 Å². The normalized spacial score (nSPS) is 22.4. The average Bonchev–Trinajstić information content (AvgIpc) is 3.10. The Bertz CT molecular complexity index is 837. The Balaban J connectivity index is 1.61. The van der Waals surface area contributed by atoms with E-state index in [1.54, 1.807) is 11.6 Å². The summed E-state index contributed by atoms with van der Waals surface area (Å²) in [7, 11) is -3.06. The highest BCUT2D eigenvalue weighted by atomic mass is 32.2. The molecule has 10 heteroatoms. The number of thioether (sulfide) groups is 1. The molecule has 1 aromatic heterocycles. The highest BCUT2D eigenvalue weighted by molar-refractivity contribution is 7.99. The van der Waals surface area contributed by atoms with E-state index in [9.17, 15) is 13.2 Å². The number of nitrogens with zero attached hydrogens (tertiary/aromatic N) is 4. The number of rotatable bonds is 5. The van der Waals surface area contributed by atoms with Gasteiger partial charge in [-0.2, -0.15) is 4.68 Å². The highest BCUT2D eigenvalue weighted by Gasteiger charge is 2.39. The van der Waals surface area contributed by atoms with Crippen molar-refractivity contribution in [2.45, 2.75) is 24.0 Å². The number of tetrazole rings is 1. The summed E-state index contributed by atoms with van der Waals surface area (Å²) in [6.07, 6.45) is 0.438. The number of sulfone groups is 1. The zero-order valence-electron chi connectivity index (χ0n) is 13.0. The van der Waals surface area contributed by atoms with E-state index in [0.29, 0.717) is 11.6 Å². The van der Waals surface area contributed by atoms with Crippen LogP contribution in [-0.4, -0.2) is 57.3 Å². The minimum atomic E-state index is -3.06. The molecule has 0 spiro atoms. The van der Waals surface area contributed by atoms with Crippen molar-refractivity contribution in [3.05, 3.63) is 30.3 Å². The molecular weight excluding hydrogens is 350 g/mol. The number of benzene rings is 1. The van der Waals surface area contributed by atoms with Gasteiger partial charge in [0.15, 0.2) is 9.84 Å². The molecule has 1 aliphatic rings. The van der Waals surface area contributed by atoms with Gasteiger partial charge in [0.05, 0.1) is 28.5 Å². The van der Waals surface area contributed by atoms with Crippen LogP contribution in [0.4, 0.5) is 0 Å². The van der Waals surface area contributed by atoms with Gasteiger partial charge in [0, 0.05) is 0 Å². The predicted octanol–water partition coefficient (Wildman–Crippen LogP) is 0.448. The number of carbonyl (C=O) groups is 1. The van der Waals surface area contributed by atoms with Crippen molar-refractivity contribution in [2.75, 3.05) is 17.3 Å². The molecule has 1 saturated heterocycles. The van der Waals surface area contributed by atoms with E-state index in [4.69, 9.17) is 0 Å². The molecule has 1 amide bonds. The third-order valence-electron chi connectivity index (χ3n) is 3.72. The predicted molar refractivity (Wildman–Crippen MR) is 89.7 cm³/mol. The number of hydrogen-bond donors (Lipinski definition) is 1. The molecule has 0 bridgehead atoms. The second kappa shape index (κ2) is 6.52. The molecule has 128 valence electrons. The highest BCUT2D eigenvalue weighted by Crippen LogP contribution is 2.23. The summed E-state index contributed by atoms with van der Waals surface area (Å²) in [5, 5.41) is 14.8. The molecule has 0 unspecified atom stereocenters. The SMILES string of the molecule is C[C@@]1(NC(=O)CSc2nnnn2-c2ccccc2)CCS(=O)(=O)C1. The topological polar surface area (TPSA) is 107 Å². The van der Waals surface area contributed by atoms with Crippen molar-refractivity contribution in [3.63, 3.8) is 0 Å². The first-order chi connectivity index (χ1) is 11.4. The fraction of sp³-hybridized carbons (Fsp3) is 0.429. The van der Waals surface area contributed by atoms with Gasteiger partial charge in [0.1, 0.15) is 0 Å². The molecule has 2 aromatic rings. The van der Waals surface area contributed by atoms with Crippen LogP contribution in [0.2, 0.25) is 0 Å². The Hall–Kier alpha value is -1.94. The summed E-state index contributed by atoms with van der Waals surface area (Å²) in [5.74, 6) is -0.0216. The van der Waals surface area contributed by atoms with Crippen molar-refractivity contribution in [1.29, 1.82) is 0 Å². The Morgan fingerprint density at radius 1 is 1.38 bits per heavy atom. The zero-order valence-corrected chi connectivity index (χ0v) is 14.7. The molecule has 1 aromatic carbocycles. The molecule has 1 N–H and O–H groups in total. The van der Waals surface area contributed by atoms with E-state index in [1.165, 1.54) is 11.8 Å². The maximum Gasteiger partial charge on any atom is 0.230 e. The van der Waals surface area contributed by atoms with Crippen molar-refractivity contribution in [2.24, 2.45) is 0 Å². The van der Waals surface area contributed by atoms with E-state index < -0.39 is 15.4 Å². The van der Waals surface area contributed by atoms with Crippen LogP contribution < -0.4 is 5.32 Å². The fourth-order valence-corrected chi connectivity index (χ4v) is 5.40. The molecule has 8 nitrogen and oxygen atoms in total. The van der Waals surface area contributed by atoms with E-state index in [-0.39, 0.29) is 23.2 Å². The lowest BCUT2D eigenvalue weighted by Gasteiger charge is -2.23. The fourth-order valence-electron chi connectivity index (χ4n) is 2.61. The second-order valence-electron chi connectivity index (χ2n) is 5.95. The van der Waals surface area contributed by atoms with Gasteiger partial charge in [-0.1, -0.05) is 30.0 Å². The van der Waals surface area contributed by atoms with Crippen LogP contribution in [0.1, 0.15) is 13.3 Å². The van der Waals surface area contributed by atoms with Gasteiger partial charge in [-0.3, -0.25) is 4.79 Å². The number of nitrogens with one attached hydrogen (secondary N) is 1. The summed E-state index contributed by atoms with van der Waals surface area (Å²) < 4.78 is 24.7. The van der Waals surface area contributed by atoms with Gasteiger partial charge in [0.2, 0.25) is 11.1 Å². The molecule has 2 heterocycles. The summed E-state index contributed by atoms with van der Waals surface area (Å²) >= 11 is 1.20. The molecule has 24 heavy (non-hydrogen) atoms. The number of para-hydroxylation sites is 1. The molecule has 1 atom stereocenters. The van der Waals surface area contributed by atoms with Crippen molar-refractivity contribution < 1.29 is 13.2 Å². The Morgan fingerprint density at radius 3 is 2.79 bits per heavy atom. The lowest BCUT2D eigenvalue weighted by atomic mass is 10.0. The maximum absolute atomic E-state index is 12.2. The number of hydrogen-bond acceptors (Lipinski definition) is 7. The van der Waals surface area contributed by atoms with Gasteiger partial charge in [-0.15, -0.1) is 5.10 Å². The first kappa shape index (κ1) is 16.9. The monoisotopic (exact) mass is 367 g/mol. The molecule has 0 aliphatic carbocycles. The molecule has 0 radical (unpaired) electrons. The molecule has 3 rings (SSSR count). The third-order valence-corrected chi connectivity index (χ3v) is 6.54. The van der Waals surface area contributed by atoms with E-state index >= 15 is 0 Å². The Morgan fingerprint density at radius 2 is 2.12 bits per heavy atom. The summed E-state index contributed by atoms with van der Waals surface area (Å²) in [6, 6.07) is 9.37. The summed E-state index contributed by atoms with van der Waals surface area (Å²) in [4.78, 5) is 12.2. The van der Waals surface area contributed by atoms with Crippen LogP contribution in [0.25, 0.3) is 5.69 Å². The lowest BCUT2D eigenvalue weighted by molar-refractivity contribution is -0.120. The van der Waals surface area contributed by atoms with Crippen molar-refractivity contribution in [1.82, 2.24) is 25.5 Å². The van der Waals surface area contributed by atoms with Crippen LogP contribution in [0.15, 0.2) is 35.5 Å². The van der Waals surface area contributed by atoms with Crippen molar-refractivity contribution >= 4 is 27.5 Å². The first-order valence-corrected chi connectivity index (χ1v) is 10.2. The Kier molecular flexibility index (Phi) is 4.59. The second-order valence-corrected chi connectivity index (χ2v) is 9.07. The van der Waals surface area contributed by atoms with Crippen LogP contribution in [0.3, 0.4) is 0 Å². The lowest BCUT2D eigenvalue weighted by Crippen LogP contribution is -2.47. The minimum Gasteiger partial charge on any atom is -0.349 e. The minimum absolute atomic E-state index is 0.0157. The number of amides is 1. The standard InChI is InChI=1S/C14H17N5O3S2/c1-14(7-8-24(21,22)10-14)15-12(20)9-23-13-16-17-18-19(13)11-5-3-2-4-6-11/h2-6H,7-10H2,1H3,(H,15,20)/t14-/m1/s1. The first-order valence-electron chi connectivity index (χ1n) is 7.35.